The monoisotopic (exact) mass is 446 g/mol. The summed E-state index contributed by atoms with van der Waals surface area (Å²) in [7, 11) is 0. The van der Waals surface area contributed by atoms with E-state index in [0.717, 1.165) is 31.6 Å². The van der Waals surface area contributed by atoms with Crippen molar-refractivity contribution in [2.75, 3.05) is 37.7 Å². The molecule has 4 heterocycles. The maximum atomic E-state index is 13.0. The van der Waals surface area contributed by atoms with Gasteiger partial charge in [-0.2, -0.15) is 0 Å². The third kappa shape index (κ3) is 3.83. The molecular weight excluding hydrogens is 416 g/mol. The van der Waals surface area contributed by atoms with Gasteiger partial charge in [0.05, 0.1) is 0 Å². The first-order valence-corrected chi connectivity index (χ1v) is 11.6. The van der Waals surface area contributed by atoms with E-state index in [-0.39, 0.29) is 17.9 Å². The van der Waals surface area contributed by atoms with Crippen LogP contribution in [0.1, 0.15) is 37.4 Å². The second-order valence-corrected chi connectivity index (χ2v) is 9.37. The Morgan fingerprint density at radius 2 is 2.09 bits per heavy atom. The number of fused-ring (bicyclic) bond motifs is 2. The highest BCUT2D eigenvalue weighted by molar-refractivity contribution is 6.57. The number of rotatable bonds is 6. The van der Waals surface area contributed by atoms with E-state index in [2.05, 4.69) is 56.1 Å². The number of hydrogen-bond donors (Lipinski definition) is 3. The predicted molar refractivity (Wildman–Crippen MR) is 129 cm³/mol. The fourth-order valence-electron chi connectivity index (χ4n) is 5.16. The van der Waals surface area contributed by atoms with Gasteiger partial charge in [-0.1, -0.05) is 31.7 Å². The van der Waals surface area contributed by atoms with Crippen molar-refractivity contribution in [3.8, 4) is 0 Å². The lowest BCUT2D eigenvalue weighted by Crippen LogP contribution is -2.38. The van der Waals surface area contributed by atoms with Gasteiger partial charge in [-0.3, -0.25) is 4.79 Å². The number of nitrogens with one attached hydrogen (secondary N) is 2. The molecule has 3 N–H and O–H groups in total. The molecule has 1 unspecified atom stereocenters. The number of anilines is 2. The van der Waals surface area contributed by atoms with Crippen molar-refractivity contribution in [1.29, 1.82) is 0 Å². The molecule has 1 fully saturated rings. The lowest BCUT2D eigenvalue weighted by Gasteiger charge is -2.25. The van der Waals surface area contributed by atoms with Gasteiger partial charge in [-0.25, -0.2) is 15.0 Å². The minimum atomic E-state index is -0.213. The number of carbonyl (C=O) groups is 1. The second-order valence-electron chi connectivity index (χ2n) is 9.37. The molecule has 3 aliphatic rings. The number of hydrogen-bond acceptors (Lipinski definition) is 7. The van der Waals surface area contributed by atoms with Crippen molar-refractivity contribution >= 4 is 34.4 Å². The number of benzene rings is 1. The number of nitrogens with zero attached hydrogens (tertiary/aromatic N) is 4. The molecule has 1 aromatic heterocycles. The number of piperidine rings is 1. The minimum absolute atomic E-state index is 0.108. The van der Waals surface area contributed by atoms with Crippen LogP contribution in [0.2, 0.25) is 0 Å². The summed E-state index contributed by atoms with van der Waals surface area (Å²) in [6.45, 7) is 9.67. The van der Waals surface area contributed by atoms with Crippen molar-refractivity contribution in [3.05, 3.63) is 48.4 Å². The minimum Gasteiger partial charge on any atom is -0.396 e. The normalized spacial score (nSPS) is 22.2. The molecule has 0 aliphatic carbocycles. The molecule has 3 aliphatic heterocycles. The zero-order valence-electron chi connectivity index (χ0n) is 19.0. The van der Waals surface area contributed by atoms with E-state index in [1.807, 2.05) is 12.1 Å². The smallest absolute Gasteiger partial charge is 0.270 e. The molecule has 0 radical (unpaired) electrons. The number of amides is 1. The van der Waals surface area contributed by atoms with Crippen LogP contribution in [0.3, 0.4) is 0 Å². The summed E-state index contributed by atoms with van der Waals surface area (Å²) in [5, 5.41) is 16.1. The Morgan fingerprint density at radius 3 is 2.88 bits per heavy atom. The number of aliphatic hydroxyl groups is 1. The first-order chi connectivity index (χ1) is 16.0. The van der Waals surface area contributed by atoms with Crippen LogP contribution in [0.4, 0.5) is 17.2 Å². The summed E-state index contributed by atoms with van der Waals surface area (Å²) in [5.41, 5.74) is 4.02. The molecular formula is C25H30N6O2. The molecule has 0 bridgehead atoms. The van der Waals surface area contributed by atoms with Crippen molar-refractivity contribution in [3.63, 3.8) is 0 Å². The fourth-order valence-corrected chi connectivity index (χ4v) is 5.16. The standard InChI is InChI=1S/C25H30N6O2/c1-16-20-22(30-21(16)24(33)27-13-17-7-10-26-11-8-17)23(29-15-28-20)31-14-25(2,9-12-32)18-5-3-4-6-19(18)31/h3-6,15,17,26,32H,1,7-14H2,2H3,(H,27,33). The first-order valence-electron chi connectivity index (χ1n) is 11.6. The van der Waals surface area contributed by atoms with Crippen LogP contribution in [-0.4, -0.2) is 59.5 Å². The Bertz CT molecular complexity index is 1120. The van der Waals surface area contributed by atoms with Crippen molar-refractivity contribution in [1.82, 2.24) is 20.6 Å². The summed E-state index contributed by atoms with van der Waals surface area (Å²) < 4.78 is 0. The van der Waals surface area contributed by atoms with Crippen LogP contribution in [0.5, 0.6) is 0 Å². The van der Waals surface area contributed by atoms with Gasteiger partial charge in [0.2, 0.25) is 0 Å². The maximum Gasteiger partial charge on any atom is 0.270 e. The molecule has 0 saturated carbocycles. The van der Waals surface area contributed by atoms with E-state index in [4.69, 9.17) is 0 Å². The van der Waals surface area contributed by atoms with Crippen LogP contribution in [-0.2, 0) is 10.2 Å². The Balaban J connectivity index is 1.44. The van der Waals surface area contributed by atoms with E-state index in [1.54, 1.807) is 0 Å². The van der Waals surface area contributed by atoms with E-state index >= 15 is 0 Å². The largest absolute Gasteiger partial charge is 0.396 e. The first kappa shape index (κ1) is 21.7. The molecule has 172 valence electrons. The van der Waals surface area contributed by atoms with E-state index in [0.29, 0.717) is 53.9 Å². The molecule has 33 heavy (non-hydrogen) atoms. The van der Waals surface area contributed by atoms with Gasteiger partial charge in [0.15, 0.2) is 5.82 Å². The number of carbonyl (C=O) groups excluding carboxylic acids is 1. The zero-order valence-corrected chi connectivity index (χ0v) is 19.0. The fraction of sp³-hybridized carbons (Fsp3) is 0.440. The van der Waals surface area contributed by atoms with E-state index in [1.165, 1.54) is 11.9 Å². The number of aliphatic hydroxyl groups excluding tert-OH is 1. The predicted octanol–water partition coefficient (Wildman–Crippen LogP) is 2.48. The van der Waals surface area contributed by atoms with E-state index in [9.17, 15) is 9.90 Å². The maximum absolute atomic E-state index is 13.0. The highest BCUT2D eigenvalue weighted by atomic mass is 16.3. The number of aromatic nitrogens is 2. The molecule has 1 atom stereocenters. The average Bonchev–Trinajstić information content (AvgIpc) is 3.33. The van der Waals surface area contributed by atoms with Crippen molar-refractivity contribution < 1.29 is 9.90 Å². The van der Waals surface area contributed by atoms with Gasteiger partial charge in [0.1, 0.15) is 23.4 Å². The third-order valence-electron chi connectivity index (χ3n) is 7.09. The van der Waals surface area contributed by atoms with Crippen molar-refractivity contribution in [2.45, 2.75) is 31.6 Å². The highest BCUT2D eigenvalue weighted by Gasteiger charge is 2.41. The summed E-state index contributed by atoms with van der Waals surface area (Å²) in [6, 6.07) is 8.19. The van der Waals surface area contributed by atoms with Crippen LogP contribution >= 0.6 is 0 Å². The van der Waals surface area contributed by atoms with Gasteiger partial charge in [0, 0.05) is 36.4 Å². The van der Waals surface area contributed by atoms with Gasteiger partial charge in [0.25, 0.3) is 5.91 Å². The summed E-state index contributed by atoms with van der Waals surface area (Å²) >= 11 is 0. The lowest BCUT2D eigenvalue weighted by atomic mass is 9.82. The number of para-hydroxylation sites is 1. The van der Waals surface area contributed by atoms with Crippen molar-refractivity contribution in [2.24, 2.45) is 10.9 Å². The quantitative estimate of drug-likeness (QED) is 0.630. The molecule has 5 rings (SSSR count). The summed E-state index contributed by atoms with van der Waals surface area (Å²) in [4.78, 5) is 28.8. The van der Waals surface area contributed by atoms with Gasteiger partial charge in [-0.05, 0) is 49.9 Å². The summed E-state index contributed by atoms with van der Waals surface area (Å²) in [6.07, 6.45) is 4.28. The average molecular weight is 447 g/mol. The SMILES string of the molecule is C=C1C(C(=O)NCC2CCNCC2)=Nc2c1ncnc2N1CC(C)(CCO)c2ccccc21. The molecule has 0 spiro atoms. The Labute approximate surface area is 193 Å². The van der Waals surface area contributed by atoms with Crippen LogP contribution in [0.15, 0.2) is 42.2 Å². The Kier molecular flexibility index (Phi) is 5.72. The Morgan fingerprint density at radius 1 is 1.30 bits per heavy atom. The zero-order chi connectivity index (χ0) is 23.0. The van der Waals surface area contributed by atoms with Gasteiger partial charge < -0.3 is 20.6 Å². The van der Waals surface area contributed by atoms with Crippen LogP contribution in [0.25, 0.3) is 5.57 Å². The second kappa shape index (κ2) is 8.68. The van der Waals surface area contributed by atoms with Crippen LogP contribution < -0.4 is 15.5 Å². The molecule has 1 amide bonds. The topological polar surface area (TPSA) is 103 Å². The number of aliphatic imine (C=N–C) groups is 1. The lowest BCUT2D eigenvalue weighted by molar-refractivity contribution is -0.114. The Hall–Kier alpha value is -3.10. The molecule has 8 heteroatoms. The molecule has 1 saturated heterocycles. The molecule has 8 nitrogen and oxygen atoms in total. The van der Waals surface area contributed by atoms with Crippen LogP contribution in [0, 0.1) is 5.92 Å². The molecule has 1 aromatic carbocycles. The molecule has 2 aromatic rings. The van der Waals surface area contributed by atoms with Gasteiger partial charge >= 0.3 is 0 Å². The highest BCUT2D eigenvalue weighted by Crippen LogP contribution is 2.49. The van der Waals surface area contributed by atoms with E-state index < -0.39 is 0 Å². The third-order valence-corrected chi connectivity index (χ3v) is 7.09. The summed E-state index contributed by atoms with van der Waals surface area (Å²) in [5.74, 6) is 0.930. The van der Waals surface area contributed by atoms with Gasteiger partial charge in [-0.15, -0.1) is 0 Å².